The Labute approximate surface area is 216 Å². The molecular formula is C28H43ClO5Si. The summed E-state index contributed by atoms with van der Waals surface area (Å²) in [5.74, 6) is -0.817. The highest BCUT2D eigenvalue weighted by atomic mass is 35.5. The van der Waals surface area contributed by atoms with E-state index in [4.69, 9.17) is 16.0 Å². The molecule has 3 saturated carbocycles. The van der Waals surface area contributed by atoms with Crippen LogP contribution in [0.15, 0.2) is 23.8 Å². The number of rotatable bonds is 4. The van der Waals surface area contributed by atoms with E-state index in [9.17, 15) is 19.8 Å². The molecule has 4 rings (SSSR count). The van der Waals surface area contributed by atoms with Gasteiger partial charge in [0, 0.05) is 10.8 Å². The summed E-state index contributed by atoms with van der Waals surface area (Å²) in [6.45, 7) is 16.4. The number of fused-ring (bicyclic) bond motifs is 5. The van der Waals surface area contributed by atoms with Crippen LogP contribution in [0, 0.1) is 28.6 Å². The van der Waals surface area contributed by atoms with Crippen LogP contribution < -0.4 is 0 Å². The summed E-state index contributed by atoms with van der Waals surface area (Å²) in [4.78, 5) is 24.6. The zero-order valence-electron chi connectivity index (χ0n) is 22.6. The Morgan fingerprint density at radius 3 is 2.46 bits per heavy atom. The summed E-state index contributed by atoms with van der Waals surface area (Å²) >= 11 is 7.92. The Morgan fingerprint density at radius 1 is 1.26 bits per heavy atom. The van der Waals surface area contributed by atoms with Crippen LogP contribution in [0.25, 0.3) is 0 Å². The predicted octanol–water partition coefficient (Wildman–Crippen LogP) is 5.19. The molecule has 3 fully saturated rings. The fraction of sp³-hybridized carbons (Fsp3) is 0.786. The molecule has 0 saturated heterocycles. The Kier molecular flexibility index (Phi) is 6.31. The second kappa shape index (κ2) is 8.10. The standard InChI is InChI=1S/C28H43ClO5Si/c1-17-13-21-20-10-9-18-14-19(31)11-12-25(18,5)27(20,29)23(34-35(7,8)24(2,3)4)15-26(21,6)28(17,33)22(32)16-30/h11-12,14,17,20-21,23,30,33H,9-10,13,15-16H2,1-8H3/t17-,20-,21-,23-,25-,26-,27-,28-/m0/s1. The first-order valence-corrected chi connectivity index (χ1v) is 16.4. The second-order valence-corrected chi connectivity index (χ2v) is 19.0. The highest BCUT2D eigenvalue weighted by molar-refractivity contribution is 6.74. The van der Waals surface area contributed by atoms with E-state index >= 15 is 0 Å². The lowest BCUT2D eigenvalue weighted by Crippen LogP contribution is -2.70. The summed E-state index contributed by atoms with van der Waals surface area (Å²) in [6.07, 6.45) is 7.58. The Morgan fingerprint density at radius 2 is 1.89 bits per heavy atom. The van der Waals surface area contributed by atoms with Gasteiger partial charge in [0.05, 0.1) is 11.0 Å². The molecule has 0 aromatic heterocycles. The van der Waals surface area contributed by atoms with E-state index in [1.54, 1.807) is 12.2 Å². The molecule has 2 N–H and O–H groups in total. The Bertz CT molecular complexity index is 998. The first-order chi connectivity index (χ1) is 15.9. The van der Waals surface area contributed by atoms with Crippen LogP contribution in [0.3, 0.4) is 0 Å². The molecule has 0 amide bonds. The highest BCUT2D eigenvalue weighted by Crippen LogP contribution is 2.72. The van der Waals surface area contributed by atoms with Crippen molar-refractivity contribution in [1.29, 1.82) is 0 Å². The summed E-state index contributed by atoms with van der Waals surface area (Å²) in [5, 5.41) is 21.8. The maximum absolute atomic E-state index is 13.1. The van der Waals surface area contributed by atoms with Gasteiger partial charge in [-0.15, -0.1) is 11.6 Å². The van der Waals surface area contributed by atoms with Gasteiger partial charge in [-0.25, -0.2) is 0 Å². The molecule has 5 nitrogen and oxygen atoms in total. The van der Waals surface area contributed by atoms with Gasteiger partial charge in [0.15, 0.2) is 19.9 Å². The van der Waals surface area contributed by atoms with E-state index in [-0.39, 0.29) is 28.6 Å². The molecule has 0 heterocycles. The van der Waals surface area contributed by atoms with Gasteiger partial charge in [-0.3, -0.25) is 9.59 Å². The van der Waals surface area contributed by atoms with Crippen molar-refractivity contribution in [3.63, 3.8) is 0 Å². The van der Waals surface area contributed by atoms with E-state index in [2.05, 4.69) is 40.8 Å². The van der Waals surface area contributed by atoms with Crippen molar-refractivity contribution in [3.05, 3.63) is 23.8 Å². The molecular weight excluding hydrogens is 480 g/mol. The largest absolute Gasteiger partial charge is 0.412 e. The third-order valence-corrected chi connectivity index (χ3v) is 16.4. The maximum atomic E-state index is 13.1. The first-order valence-electron chi connectivity index (χ1n) is 13.1. The lowest BCUT2D eigenvalue weighted by molar-refractivity contribution is -0.178. The topological polar surface area (TPSA) is 83.8 Å². The van der Waals surface area contributed by atoms with Crippen molar-refractivity contribution in [3.8, 4) is 0 Å². The minimum atomic E-state index is -2.31. The molecule has 0 spiro atoms. The third-order valence-electron chi connectivity index (χ3n) is 11.0. The van der Waals surface area contributed by atoms with E-state index in [1.165, 1.54) is 0 Å². The van der Waals surface area contributed by atoms with E-state index in [0.29, 0.717) is 12.8 Å². The molecule has 0 aromatic carbocycles. The number of allylic oxidation sites excluding steroid dienone is 4. The van der Waals surface area contributed by atoms with Crippen molar-refractivity contribution in [2.24, 2.45) is 28.6 Å². The molecule has 196 valence electrons. The third kappa shape index (κ3) is 3.42. The van der Waals surface area contributed by atoms with E-state index in [0.717, 1.165) is 18.4 Å². The molecule has 0 aromatic rings. The van der Waals surface area contributed by atoms with Crippen LogP contribution in [-0.2, 0) is 14.0 Å². The minimum Gasteiger partial charge on any atom is -0.412 e. The SMILES string of the molecule is C[C@H]1C[C@H]2[C@@H]3CCC4=CC(=O)C=C[C@]4(C)[C@@]3(Cl)[C@@H](O[Si](C)(C)C(C)(C)C)C[C@]2(C)[C@@]1(O)C(=O)CO. The van der Waals surface area contributed by atoms with E-state index < -0.39 is 48.1 Å². The quantitative estimate of drug-likeness (QED) is 0.392. The molecule has 8 atom stereocenters. The van der Waals surface area contributed by atoms with Crippen molar-refractivity contribution >= 4 is 31.5 Å². The molecule has 0 aliphatic heterocycles. The molecule has 0 bridgehead atoms. The van der Waals surface area contributed by atoms with Crippen molar-refractivity contribution < 1.29 is 24.2 Å². The van der Waals surface area contributed by atoms with Crippen LogP contribution in [0.2, 0.25) is 18.1 Å². The number of hydrogen-bond donors (Lipinski definition) is 2. The lowest BCUT2D eigenvalue weighted by Gasteiger charge is -2.65. The van der Waals surface area contributed by atoms with Crippen molar-refractivity contribution in [2.45, 2.75) is 102 Å². The predicted molar refractivity (Wildman–Crippen MR) is 141 cm³/mol. The average Bonchev–Trinajstić information content (AvgIpc) is 2.95. The maximum Gasteiger partial charge on any atom is 0.192 e. The molecule has 7 heteroatoms. The zero-order chi connectivity index (χ0) is 26.4. The Hall–Kier alpha value is -0.793. The normalized spacial score (nSPS) is 45.5. The number of alkyl halides is 1. The number of aliphatic hydroxyl groups excluding tert-OH is 1. The smallest absolute Gasteiger partial charge is 0.192 e. The van der Waals surface area contributed by atoms with Gasteiger partial charge in [0.1, 0.15) is 12.2 Å². The van der Waals surface area contributed by atoms with Crippen molar-refractivity contribution in [1.82, 2.24) is 0 Å². The van der Waals surface area contributed by atoms with Gasteiger partial charge in [-0.05, 0) is 73.7 Å². The Balaban J connectivity index is 1.92. The van der Waals surface area contributed by atoms with Crippen LogP contribution in [0.5, 0.6) is 0 Å². The number of carbonyl (C=O) groups excluding carboxylic acids is 2. The number of carbonyl (C=O) groups is 2. The monoisotopic (exact) mass is 522 g/mol. The van der Waals surface area contributed by atoms with Crippen LogP contribution in [0.4, 0.5) is 0 Å². The zero-order valence-corrected chi connectivity index (χ0v) is 24.3. The number of ketones is 2. The van der Waals surface area contributed by atoms with Gasteiger partial charge in [0.2, 0.25) is 0 Å². The highest BCUT2D eigenvalue weighted by Gasteiger charge is 2.75. The number of aliphatic hydroxyl groups is 2. The van der Waals surface area contributed by atoms with Crippen LogP contribution in [0.1, 0.15) is 67.2 Å². The summed E-state index contributed by atoms with van der Waals surface area (Å²) in [7, 11) is -2.31. The molecule has 4 aliphatic carbocycles. The van der Waals surface area contributed by atoms with E-state index in [1.807, 2.05) is 19.9 Å². The first kappa shape index (κ1) is 27.2. The second-order valence-electron chi connectivity index (χ2n) is 13.6. The summed E-state index contributed by atoms with van der Waals surface area (Å²) < 4.78 is 7.15. The van der Waals surface area contributed by atoms with Gasteiger partial charge in [0.25, 0.3) is 0 Å². The molecule has 0 radical (unpaired) electrons. The van der Waals surface area contributed by atoms with Crippen molar-refractivity contribution in [2.75, 3.05) is 6.61 Å². The number of halogens is 1. The number of Topliss-reactive ketones (excluding diaryl/α,β-unsaturated/α-hetero) is 1. The van der Waals surface area contributed by atoms with Crippen LogP contribution in [-0.4, -0.2) is 53.3 Å². The summed E-state index contributed by atoms with van der Waals surface area (Å²) in [5.41, 5.74) is -1.91. The lowest BCUT2D eigenvalue weighted by atomic mass is 9.45. The fourth-order valence-electron chi connectivity index (χ4n) is 7.88. The molecule has 0 unspecified atom stereocenters. The minimum absolute atomic E-state index is 0.000770. The van der Waals surface area contributed by atoms with Gasteiger partial charge in [-0.2, -0.15) is 0 Å². The van der Waals surface area contributed by atoms with Gasteiger partial charge < -0.3 is 14.6 Å². The van der Waals surface area contributed by atoms with Crippen LogP contribution >= 0.6 is 11.6 Å². The summed E-state index contributed by atoms with van der Waals surface area (Å²) in [6, 6.07) is 0. The molecule has 4 aliphatic rings. The fourth-order valence-corrected chi connectivity index (χ4v) is 9.86. The molecule has 35 heavy (non-hydrogen) atoms. The average molecular weight is 523 g/mol. The van der Waals surface area contributed by atoms with Gasteiger partial charge >= 0.3 is 0 Å². The van der Waals surface area contributed by atoms with Gasteiger partial charge in [-0.1, -0.05) is 53.2 Å². The number of hydrogen-bond acceptors (Lipinski definition) is 5.